The van der Waals surface area contributed by atoms with E-state index in [9.17, 15) is 9.90 Å². The summed E-state index contributed by atoms with van der Waals surface area (Å²) in [5.74, 6) is -0.623. The van der Waals surface area contributed by atoms with E-state index in [0.717, 1.165) is 5.69 Å². The van der Waals surface area contributed by atoms with Crippen LogP contribution < -0.4 is 10.6 Å². The monoisotopic (exact) mass is 338 g/mol. The highest BCUT2D eigenvalue weighted by atomic mass is 35.5. The summed E-state index contributed by atoms with van der Waals surface area (Å²) in [4.78, 5) is 12.2. The van der Waals surface area contributed by atoms with E-state index in [1.807, 2.05) is 19.9 Å². The number of hydrogen-bond acceptors (Lipinski definition) is 3. The fraction of sp³-hybridized carbons (Fsp3) is 0.188. The van der Waals surface area contributed by atoms with Gasteiger partial charge in [-0.15, -0.1) is 0 Å². The van der Waals surface area contributed by atoms with E-state index in [0.29, 0.717) is 15.7 Å². The second-order valence-electron chi connectivity index (χ2n) is 5.11. The lowest BCUT2D eigenvalue weighted by atomic mass is 10.2. The number of rotatable bonds is 4. The van der Waals surface area contributed by atoms with Crippen molar-refractivity contribution >= 4 is 40.5 Å². The number of phenolic OH excluding ortho intramolecular Hbond substituents is 1. The van der Waals surface area contributed by atoms with E-state index in [2.05, 4.69) is 10.6 Å². The van der Waals surface area contributed by atoms with Crippen molar-refractivity contribution in [3.63, 3.8) is 0 Å². The van der Waals surface area contributed by atoms with Gasteiger partial charge in [-0.05, 0) is 50.2 Å². The zero-order chi connectivity index (χ0) is 16.3. The Morgan fingerprint density at radius 2 is 1.86 bits per heavy atom. The van der Waals surface area contributed by atoms with Crippen molar-refractivity contribution in [3.05, 3.63) is 52.0 Å². The Morgan fingerprint density at radius 1 is 1.14 bits per heavy atom. The minimum absolute atomic E-state index is 0.0907. The van der Waals surface area contributed by atoms with Gasteiger partial charge in [-0.25, -0.2) is 0 Å². The molecule has 0 unspecified atom stereocenters. The summed E-state index contributed by atoms with van der Waals surface area (Å²) < 4.78 is 0. The number of phenols is 1. The second kappa shape index (κ2) is 6.90. The van der Waals surface area contributed by atoms with E-state index in [4.69, 9.17) is 23.2 Å². The average Bonchev–Trinajstić information content (AvgIpc) is 2.43. The van der Waals surface area contributed by atoms with E-state index in [-0.39, 0.29) is 17.4 Å². The van der Waals surface area contributed by atoms with Gasteiger partial charge in [0.05, 0.1) is 16.3 Å². The molecule has 0 radical (unpaired) electrons. The summed E-state index contributed by atoms with van der Waals surface area (Å²) in [6.45, 7) is 4.04. The average molecular weight is 339 g/mol. The van der Waals surface area contributed by atoms with Crippen LogP contribution in [0.4, 0.5) is 11.4 Å². The fourth-order valence-electron chi connectivity index (χ4n) is 1.92. The number of halogens is 2. The molecule has 1 amide bonds. The lowest BCUT2D eigenvalue weighted by Crippen LogP contribution is -2.13. The summed E-state index contributed by atoms with van der Waals surface area (Å²) in [7, 11) is 0. The van der Waals surface area contributed by atoms with Crippen molar-refractivity contribution in [3.8, 4) is 5.75 Å². The van der Waals surface area contributed by atoms with Crippen LogP contribution in [0.2, 0.25) is 10.0 Å². The molecule has 0 bridgehead atoms. The van der Waals surface area contributed by atoms with Crippen LogP contribution in [0.15, 0.2) is 36.4 Å². The van der Waals surface area contributed by atoms with E-state index in [1.54, 1.807) is 12.1 Å². The van der Waals surface area contributed by atoms with Crippen molar-refractivity contribution in [1.82, 2.24) is 0 Å². The SMILES string of the molecule is CC(C)Nc1ccc(NC(=O)c2cc(Cl)ccc2O)c(Cl)c1. The first-order valence-electron chi connectivity index (χ1n) is 6.73. The molecule has 0 fully saturated rings. The smallest absolute Gasteiger partial charge is 0.259 e. The number of hydrogen-bond donors (Lipinski definition) is 3. The largest absolute Gasteiger partial charge is 0.507 e. The molecule has 2 aromatic carbocycles. The maximum atomic E-state index is 12.2. The summed E-state index contributed by atoms with van der Waals surface area (Å²) in [5, 5.41) is 16.4. The van der Waals surface area contributed by atoms with Crippen molar-refractivity contribution in [2.24, 2.45) is 0 Å². The minimum atomic E-state index is -0.480. The minimum Gasteiger partial charge on any atom is -0.507 e. The van der Waals surface area contributed by atoms with Gasteiger partial charge >= 0.3 is 0 Å². The number of aromatic hydroxyl groups is 1. The first-order chi connectivity index (χ1) is 10.4. The van der Waals surface area contributed by atoms with Crippen molar-refractivity contribution in [1.29, 1.82) is 0 Å². The van der Waals surface area contributed by atoms with Crippen molar-refractivity contribution < 1.29 is 9.90 Å². The maximum absolute atomic E-state index is 12.2. The van der Waals surface area contributed by atoms with Gasteiger partial charge in [0.2, 0.25) is 0 Å². The van der Waals surface area contributed by atoms with Gasteiger partial charge in [-0.2, -0.15) is 0 Å². The van der Waals surface area contributed by atoms with Crippen molar-refractivity contribution in [2.45, 2.75) is 19.9 Å². The Morgan fingerprint density at radius 3 is 2.50 bits per heavy atom. The molecule has 4 nitrogen and oxygen atoms in total. The number of carbonyl (C=O) groups is 1. The number of anilines is 2. The third-order valence-corrected chi connectivity index (χ3v) is 3.42. The molecule has 0 atom stereocenters. The molecule has 0 aliphatic heterocycles. The number of nitrogens with one attached hydrogen (secondary N) is 2. The van der Waals surface area contributed by atoms with E-state index >= 15 is 0 Å². The van der Waals surface area contributed by atoms with Crippen LogP contribution in [-0.4, -0.2) is 17.1 Å². The van der Waals surface area contributed by atoms with E-state index < -0.39 is 5.91 Å². The van der Waals surface area contributed by atoms with Gasteiger partial charge in [0.15, 0.2) is 0 Å². The molecule has 116 valence electrons. The summed E-state index contributed by atoms with van der Waals surface area (Å²) in [6.07, 6.45) is 0. The second-order valence-corrected chi connectivity index (χ2v) is 5.95. The number of carbonyl (C=O) groups excluding carboxylic acids is 1. The Bertz CT molecular complexity index is 703. The van der Waals surface area contributed by atoms with Gasteiger partial charge in [-0.1, -0.05) is 23.2 Å². The standard InChI is InChI=1S/C16H16Cl2N2O2/c1-9(2)19-11-4-5-14(13(18)8-11)20-16(22)12-7-10(17)3-6-15(12)21/h3-9,19,21H,1-2H3,(H,20,22). The van der Waals surface area contributed by atoms with Crippen LogP contribution in [0.5, 0.6) is 5.75 Å². The lowest BCUT2D eigenvalue weighted by molar-refractivity contribution is 0.102. The van der Waals surface area contributed by atoms with Crippen LogP contribution in [-0.2, 0) is 0 Å². The van der Waals surface area contributed by atoms with Gasteiger partial charge in [0.25, 0.3) is 5.91 Å². The normalized spacial score (nSPS) is 10.6. The predicted octanol–water partition coefficient (Wildman–Crippen LogP) is 4.77. The quantitative estimate of drug-likeness (QED) is 0.752. The third-order valence-electron chi connectivity index (χ3n) is 2.88. The Balaban J connectivity index is 2.20. The highest BCUT2D eigenvalue weighted by Crippen LogP contribution is 2.28. The van der Waals surface area contributed by atoms with Crippen molar-refractivity contribution in [2.75, 3.05) is 10.6 Å². The molecular weight excluding hydrogens is 323 g/mol. The molecule has 2 rings (SSSR count). The van der Waals surface area contributed by atoms with Gasteiger partial charge in [-0.3, -0.25) is 4.79 Å². The first kappa shape index (κ1) is 16.5. The fourth-order valence-corrected chi connectivity index (χ4v) is 2.32. The van der Waals surface area contributed by atoms with Crippen LogP contribution in [0.3, 0.4) is 0 Å². The Labute approximate surface area is 139 Å². The van der Waals surface area contributed by atoms with Crippen LogP contribution >= 0.6 is 23.2 Å². The van der Waals surface area contributed by atoms with Gasteiger partial charge in [0.1, 0.15) is 5.75 Å². The van der Waals surface area contributed by atoms with Crippen LogP contribution in [0, 0.1) is 0 Å². The van der Waals surface area contributed by atoms with Gasteiger partial charge in [0, 0.05) is 16.8 Å². The maximum Gasteiger partial charge on any atom is 0.259 e. The highest BCUT2D eigenvalue weighted by Gasteiger charge is 2.13. The molecule has 0 aromatic heterocycles. The molecular formula is C16H16Cl2N2O2. The molecule has 3 N–H and O–H groups in total. The summed E-state index contributed by atoms with van der Waals surface area (Å²) in [5.41, 5.74) is 1.41. The third kappa shape index (κ3) is 4.06. The Hall–Kier alpha value is -1.91. The molecule has 6 heteroatoms. The van der Waals surface area contributed by atoms with Gasteiger partial charge < -0.3 is 15.7 Å². The molecule has 0 saturated heterocycles. The molecule has 0 aliphatic rings. The summed E-state index contributed by atoms with van der Waals surface area (Å²) >= 11 is 12.0. The topological polar surface area (TPSA) is 61.4 Å². The molecule has 0 aliphatic carbocycles. The molecule has 0 saturated carbocycles. The molecule has 0 spiro atoms. The number of amides is 1. The highest BCUT2D eigenvalue weighted by molar-refractivity contribution is 6.34. The zero-order valence-corrected chi connectivity index (χ0v) is 13.7. The Kier molecular flexibility index (Phi) is 5.16. The van der Waals surface area contributed by atoms with Crippen LogP contribution in [0.25, 0.3) is 0 Å². The molecule has 2 aromatic rings. The summed E-state index contributed by atoms with van der Waals surface area (Å²) in [6, 6.07) is 9.80. The molecule has 0 heterocycles. The lowest BCUT2D eigenvalue weighted by Gasteiger charge is -2.13. The van der Waals surface area contributed by atoms with E-state index in [1.165, 1.54) is 18.2 Å². The predicted molar refractivity (Wildman–Crippen MR) is 91.3 cm³/mol. The first-order valence-corrected chi connectivity index (χ1v) is 7.48. The zero-order valence-electron chi connectivity index (χ0n) is 12.2. The van der Waals surface area contributed by atoms with Crippen LogP contribution in [0.1, 0.15) is 24.2 Å². The molecule has 22 heavy (non-hydrogen) atoms. The number of benzene rings is 2.